The molecule has 0 saturated carbocycles. The minimum Gasteiger partial charge on any atom is -0.459 e. The summed E-state index contributed by atoms with van der Waals surface area (Å²) in [5.41, 5.74) is 2.41. The lowest BCUT2D eigenvalue weighted by Gasteiger charge is -2.25. The fourth-order valence-electron chi connectivity index (χ4n) is 2.84. The van der Waals surface area contributed by atoms with Gasteiger partial charge in [0.2, 0.25) is 0 Å². The van der Waals surface area contributed by atoms with Gasteiger partial charge in [0.05, 0.1) is 12.0 Å². The van der Waals surface area contributed by atoms with Crippen molar-refractivity contribution in [1.82, 2.24) is 9.88 Å². The molecule has 1 aliphatic heterocycles. The molecule has 0 fully saturated rings. The maximum absolute atomic E-state index is 12.0. The van der Waals surface area contributed by atoms with Crippen molar-refractivity contribution in [2.45, 2.75) is 19.5 Å². The van der Waals surface area contributed by atoms with E-state index in [-0.39, 0.29) is 18.3 Å². The molecule has 7 heteroatoms. The number of aromatic nitrogens is 1. The molecule has 1 amide bonds. The maximum Gasteiger partial charge on any atom is 0.293 e. The second-order valence-corrected chi connectivity index (χ2v) is 6.85. The highest BCUT2D eigenvalue weighted by Gasteiger charge is 2.22. The topological polar surface area (TPSA) is 58.4 Å². The van der Waals surface area contributed by atoms with Crippen LogP contribution in [0.25, 0.3) is 0 Å². The number of carbonyl (C=O) groups excluding carboxylic acids is 1. The lowest BCUT2D eigenvalue weighted by molar-refractivity contribution is 0.0996. The Kier molecular flexibility index (Phi) is 5.53. The van der Waals surface area contributed by atoms with Gasteiger partial charge in [0, 0.05) is 30.9 Å². The smallest absolute Gasteiger partial charge is 0.293 e. The van der Waals surface area contributed by atoms with Crippen molar-refractivity contribution in [2.24, 2.45) is 0 Å². The van der Waals surface area contributed by atoms with Crippen LogP contribution < -0.4 is 5.32 Å². The van der Waals surface area contributed by atoms with Crippen LogP contribution in [0.15, 0.2) is 53.1 Å². The molecule has 3 aromatic rings. The van der Waals surface area contributed by atoms with E-state index < -0.39 is 0 Å². The zero-order valence-corrected chi connectivity index (χ0v) is 15.1. The highest BCUT2D eigenvalue weighted by atomic mass is 35.5. The average Bonchev–Trinajstić information content (AvgIpc) is 3.24. The highest BCUT2D eigenvalue weighted by Crippen LogP contribution is 2.29. The standard InChI is InChI=1S/C18H17N3O2S.ClH/c22-17(15-7-4-10-23-15)20-18-19-14-8-9-21(12-16(14)24-18)11-13-5-2-1-3-6-13;/h1-7,10H,8-9,11-12H2,(H,19,20,22);1H. The number of thiazole rings is 1. The van der Waals surface area contributed by atoms with Crippen molar-refractivity contribution in [3.8, 4) is 0 Å². The molecule has 0 bridgehead atoms. The molecule has 0 radical (unpaired) electrons. The average molecular weight is 376 g/mol. The van der Waals surface area contributed by atoms with Crippen LogP contribution in [0.2, 0.25) is 0 Å². The molecular weight excluding hydrogens is 358 g/mol. The summed E-state index contributed by atoms with van der Waals surface area (Å²) in [5, 5.41) is 3.46. The molecule has 0 saturated heterocycles. The number of amides is 1. The molecule has 3 heterocycles. The molecule has 0 unspecified atom stereocenters. The SMILES string of the molecule is Cl.O=C(Nc1nc2c(s1)CN(Cc1ccccc1)CC2)c1ccco1. The Morgan fingerprint density at radius 3 is 2.84 bits per heavy atom. The van der Waals surface area contributed by atoms with E-state index in [4.69, 9.17) is 4.42 Å². The Balaban J connectivity index is 0.00000182. The summed E-state index contributed by atoms with van der Waals surface area (Å²) < 4.78 is 5.11. The number of carbonyl (C=O) groups is 1. The van der Waals surface area contributed by atoms with Gasteiger partial charge < -0.3 is 4.42 Å². The van der Waals surface area contributed by atoms with Crippen molar-refractivity contribution in [2.75, 3.05) is 11.9 Å². The van der Waals surface area contributed by atoms with Gasteiger partial charge in [0.15, 0.2) is 10.9 Å². The first-order valence-electron chi connectivity index (χ1n) is 7.87. The third kappa shape index (κ3) is 4.10. The van der Waals surface area contributed by atoms with E-state index in [1.54, 1.807) is 23.5 Å². The number of hydrogen-bond acceptors (Lipinski definition) is 5. The zero-order chi connectivity index (χ0) is 16.4. The monoisotopic (exact) mass is 375 g/mol. The number of anilines is 1. The number of benzene rings is 1. The van der Waals surface area contributed by atoms with Gasteiger partial charge in [-0.05, 0) is 17.7 Å². The number of rotatable bonds is 4. The van der Waals surface area contributed by atoms with Crippen molar-refractivity contribution >= 4 is 34.8 Å². The first-order chi connectivity index (χ1) is 11.8. The summed E-state index contributed by atoms with van der Waals surface area (Å²) in [5.74, 6) is 0.0427. The van der Waals surface area contributed by atoms with E-state index in [1.165, 1.54) is 16.7 Å². The van der Waals surface area contributed by atoms with E-state index in [0.717, 1.165) is 31.7 Å². The molecule has 1 aliphatic rings. The van der Waals surface area contributed by atoms with E-state index in [1.807, 2.05) is 6.07 Å². The van der Waals surface area contributed by atoms with Gasteiger partial charge in [-0.1, -0.05) is 30.3 Å². The Morgan fingerprint density at radius 1 is 1.24 bits per heavy atom. The van der Waals surface area contributed by atoms with Crippen molar-refractivity contribution in [1.29, 1.82) is 0 Å². The Hall–Kier alpha value is -2.15. The number of nitrogens with zero attached hydrogens (tertiary/aromatic N) is 2. The van der Waals surface area contributed by atoms with Crippen molar-refractivity contribution in [3.05, 3.63) is 70.6 Å². The molecule has 130 valence electrons. The summed E-state index contributed by atoms with van der Waals surface area (Å²) in [7, 11) is 0. The van der Waals surface area contributed by atoms with Crippen LogP contribution in [0.4, 0.5) is 5.13 Å². The lowest BCUT2D eigenvalue weighted by atomic mass is 10.1. The summed E-state index contributed by atoms with van der Waals surface area (Å²) >= 11 is 1.55. The fourth-order valence-corrected chi connectivity index (χ4v) is 3.89. The first kappa shape index (κ1) is 17.7. The van der Waals surface area contributed by atoms with Gasteiger partial charge in [-0.3, -0.25) is 15.0 Å². The van der Waals surface area contributed by atoms with Gasteiger partial charge in [-0.15, -0.1) is 23.7 Å². The van der Waals surface area contributed by atoms with Gasteiger partial charge in [0.1, 0.15) is 0 Å². The van der Waals surface area contributed by atoms with Crippen LogP contribution in [0.3, 0.4) is 0 Å². The maximum atomic E-state index is 12.0. The quantitative estimate of drug-likeness (QED) is 0.749. The second kappa shape index (κ2) is 7.82. The third-order valence-electron chi connectivity index (χ3n) is 4.02. The van der Waals surface area contributed by atoms with Gasteiger partial charge >= 0.3 is 0 Å². The number of fused-ring (bicyclic) bond motifs is 1. The predicted octanol–water partition coefficient (Wildman–Crippen LogP) is 3.97. The predicted molar refractivity (Wildman–Crippen MR) is 100 cm³/mol. The normalized spacial score (nSPS) is 13.8. The first-order valence-corrected chi connectivity index (χ1v) is 8.69. The Morgan fingerprint density at radius 2 is 2.08 bits per heavy atom. The van der Waals surface area contributed by atoms with E-state index in [0.29, 0.717) is 10.9 Å². The Bertz CT molecular complexity index is 833. The fraction of sp³-hybridized carbons (Fsp3) is 0.222. The zero-order valence-electron chi connectivity index (χ0n) is 13.5. The summed E-state index contributed by atoms with van der Waals surface area (Å²) in [6, 6.07) is 13.8. The molecule has 25 heavy (non-hydrogen) atoms. The van der Waals surface area contributed by atoms with Crippen LogP contribution in [-0.4, -0.2) is 22.3 Å². The number of furan rings is 1. The van der Waals surface area contributed by atoms with E-state index >= 15 is 0 Å². The molecule has 1 N–H and O–H groups in total. The van der Waals surface area contributed by atoms with E-state index in [9.17, 15) is 4.79 Å². The third-order valence-corrected chi connectivity index (χ3v) is 5.02. The Labute approximate surface area is 156 Å². The second-order valence-electron chi connectivity index (χ2n) is 5.77. The van der Waals surface area contributed by atoms with Gasteiger partial charge in [0.25, 0.3) is 5.91 Å². The molecule has 0 atom stereocenters. The molecule has 1 aromatic carbocycles. The molecule has 4 rings (SSSR count). The lowest BCUT2D eigenvalue weighted by Crippen LogP contribution is -2.29. The number of halogens is 1. The van der Waals surface area contributed by atoms with Crippen LogP contribution in [0, 0.1) is 0 Å². The summed E-state index contributed by atoms with van der Waals surface area (Å²) in [6.45, 7) is 2.79. The van der Waals surface area contributed by atoms with Crippen molar-refractivity contribution in [3.63, 3.8) is 0 Å². The molecule has 0 spiro atoms. The molecule has 5 nitrogen and oxygen atoms in total. The van der Waals surface area contributed by atoms with Crippen LogP contribution in [-0.2, 0) is 19.5 Å². The number of nitrogens with one attached hydrogen (secondary N) is 1. The number of hydrogen-bond donors (Lipinski definition) is 1. The van der Waals surface area contributed by atoms with Gasteiger partial charge in [-0.2, -0.15) is 0 Å². The summed E-state index contributed by atoms with van der Waals surface area (Å²) in [4.78, 5) is 20.2. The van der Waals surface area contributed by atoms with E-state index in [2.05, 4.69) is 39.5 Å². The van der Waals surface area contributed by atoms with Crippen LogP contribution >= 0.6 is 23.7 Å². The van der Waals surface area contributed by atoms with Crippen LogP contribution in [0.1, 0.15) is 26.7 Å². The molecular formula is C18H18ClN3O2S. The summed E-state index contributed by atoms with van der Waals surface area (Å²) in [6.07, 6.45) is 2.40. The van der Waals surface area contributed by atoms with Gasteiger partial charge in [-0.25, -0.2) is 4.98 Å². The largest absolute Gasteiger partial charge is 0.459 e. The molecule has 0 aliphatic carbocycles. The minimum absolute atomic E-state index is 0. The minimum atomic E-state index is -0.257. The van der Waals surface area contributed by atoms with Crippen LogP contribution in [0.5, 0.6) is 0 Å². The van der Waals surface area contributed by atoms with Crippen molar-refractivity contribution < 1.29 is 9.21 Å². The highest BCUT2D eigenvalue weighted by molar-refractivity contribution is 7.15. The molecule has 2 aromatic heterocycles.